The number of nitrogens with zero attached hydrogens (tertiary/aromatic N) is 2. The number of aromatic amines is 3. The summed E-state index contributed by atoms with van der Waals surface area (Å²) in [6.07, 6.45) is 4.35. The van der Waals surface area contributed by atoms with Crippen molar-refractivity contribution >= 4 is 22.5 Å². The summed E-state index contributed by atoms with van der Waals surface area (Å²) in [5.41, 5.74) is 12.8. The van der Waals surface area contributed by atoms with Crippen molar-refractivity contribution < 1.29 is 0 Å². The lowest BCUT2D eigenvalue weighted by atomic mass is 9.92. The number of benzene rings is 2. The Morgan fingerprint density at radius 1 is 0.675 bits per heavy atom. The third-order valence-electron chi connectivity index (χ3n) is 8.07. The maximum absolute atomic E-state index is 5.22. The summed E-state index contributed by atoms with van der Waals surface area (Å²) in [4.78, 5) is 18.5. The number of aliphatic imine (C=N–C) groups is 1. The second-order valence-corrected chi connectivity index (χ2v) is 11.2. The lowest BCUT2D eigenvalue weighted by Crippen LogP contribution is -2.15. The number of rotatable bonds is 3. The van der Waals surface area contributed by atoms with E-state index < -0.39 is 0 Å². The quantitative estimate of drug-likeness (QED) is 0.289. The molecule has 198 valence electrons. The number of nitrogens with one attached hydrogen (secondary N) is 3. The molecule has 5 aromatic rings. The van der Waals surface area contributed by atoms with E-state index >= 15 is 0 Å². The third kappa shape index (κ3) is 3.97. The summed E-state index contributed by atoms with van der Waals surface area (Å²) in [5, 5.41) is 4.23. The fourth-order valence-corrected chi connectivity index (χ4v) is 6.22. The van der Waals surface area contributed by atoms with E-state index in [0.29, 0.717) is 0 Å². The molecule has 0 amide bonds. The van der Waals surface area contributed by atoms with E-state index in [0.717, 1.165) is 49.6 Å². The van der Waals surface area contributed by atoms with Crippen LogP contribution in [0.4, 0.5) is 5.69 Å². The number of hydrogen-bond donors (Lipinski definition) is 3. The molecule has 0 saturated carbocycles. The molecule has 8 bridgehead atoms. The van der Waals surface area contributed by atoms with Gasteiger partial charge < -0.3 is 19.9 Å². The average molecular weight is 524 g/mol. The second-order valence-electron chi connectivity index (χ2n) is 11.2. The van der Waals surface area contributed by atoms with Crippen LogP contribution in [0.15, 0.2) is 89.9 Å². The lowest BCUT2D eigenvalue weighted by Gasteiger charge is -2.15. The Hall–Kier alpha value is -4.77. The van der Waals surface area contributed by atoms with Crippen molar-refractivity contribution in [3.8, 4) is 0 Å². The highest BCUT2D eigenvalue weighted by Crippen LogP contribution is 2.32. The molecule has 7 rings (SSSR count). The number of fused-ring (bicyclic) bond motifs is 8. The first-order chi connectivity index (χ1) is 19.4. The van der Waals surface area contributed by atoms with Gasteiger partial charge >= 0.3 is 0 Å². The van der Waals surface area contributed by atoms with E-state index in [2.05, 4.69) is 140 Å². The van der Waals surface area contributed by atoms with Gasteiger partial charge in [-0.1, -0.05) is 35.9 Å². The van der Waals surface area contributed by atoms with Gasteiger partial charge in [-0.05, 0) is 97.6 Å². The molecule has 0 radical (unpaired) electrons. The predicted octanol–water partition coefficient (Wildman–Crippen LogP) is 5.46. The molecule has 40 heavy (non-hydrogen) atoms. The van der Waals surface area contributed by atoms with Crippen LogP contribution in [-0.4, -0.2) is 34.8 Å². The first-order valence-corrected chi connectivity index (χ1v) is 13.8. The molecule has 2 aromatic carbocycles. The number of anilines is 1. The molecule has 3 N–H and O–H groups in total. The van der Waals surface area contributed by atoms with Crippen LogP contribution in [0.1, 0.15) is 45.2 Å². The number of H-pyrrole nitrogens is 3. The molecular formula is C35H33N5. The van der Waals surface area contributed by atoms with Crippen molar-refractivity contribution in [2.45, 2.75) is 26.8 Å². The van der Waals surface area contributed by atoms with Gasteiger partial charge in [0.15, 0.2) is 0 Å². The molecule has 0 spiro atoms. The molecule has 0 aliphatic carbocycles. The smallest absolute Gasteiger partial charge is 0.109 e. The van der Waals surface area contributed by atoms with Crippen LogP contribution in [-0.2, 0) is 0 Å². The monoisotopic (exact) mass is 523 g/mol. The minimum Gasteiger partial charge on any atom is -0.378 e. The molecule has 5 nitrogen and oxygen atoms in total. The van der Waals surface area contributed by atoms with E-state index in [9.17, 15) is 0 Å². The Labute approximate surface area is 233 Å². The highest BCUT2D eigenvalue weighted by atomic mass is 15.1. The third-order valence-corrected chi connectivity index (χ3v) is 8.07. The van der Waals surface area contributed by atoms with Crippen LogP contribution < -0.4 is 15.6 Å². The van der Waals surface area contributed by atoms with Gasteiger partial charge in [-0.2, -0.15) is 0 Å². The molecular weight excluding hydrogens is 490 g/mol. The summed E-state index contributed by atoms with van der Waals surface area (Å²) in [7, 11) is 4.13. The highest BCUT2D eigenvalue weighted by molar-refractivity contribution is 6.29. The topological polar surface area (TPSA) is 63.0 Å². The minimum absolute atomic E-state index is 0.0714. The van der Waals surface area contributed by atoms with E-state index in [4.69, 9.17) is 4.99 Å². The second kappa shape index (κ2) is 9.16. The largest absolute Gasteiger partial charge is 0.378 e. The Balaban J connectivity index is 1.56. The van der Waals surface area contributed by atoms with Crippen LogP contribution in [0.2, 0.25) is 0 Å². The molecule has 2 aliphatic heterocycles. The van der Waals surface area contributed by atoms with Crippen molar-refractivity contribution in [1.82, 2.24) is 15.0 Å². The Morgan fingerprint density at radius 3 is 1.95 bits per heavy atom. The zero-order valence-electron chi connectivity index (χ0n) is 23.6. The lowest BCUT2D eigenvalue weighted by molar-refractivity contribution is 0.890. The zero-order valence-corrected chi connectivity index (χ0v) is 23.6. The number of aromatic nitrogens is 3. The van der Waals surface area contributed by atoms with Crippen molar-refractivity contribution in [1.29, 1.82) is 0 Å². The van der Waals surface area contributed by atoms with Crippen LogP contribution >= 0.6 is 0 Å². The van der Waals surface area contributed by atoms with E-state index in [1.807, 2.05) is 0 Å². The number of aryl methyl sites for hydroxylation is 3. The van der Waals surface area contributed by atoms with Gasteiger partial charge in [0.05, 0.1) is 16.4 Å². The summed E-state index contributed by atoms with van der Waals surface area (Å²) in [6.45, 7) is 6.57. The molecule has 0 saturated heterocycles. The fraction of sp³-hybridized carbons (Fsp3) is 0.171. The Morgan fingerprint density at radius 2 is 1.30 bits per heavy atom. The van der Waals surface area contributed by atoms with Gasteiger partial charge in [0.2, 0.25) is 0 Å². The molecule has 5 heteroatoms. The predicted molar refractivity (Wildman–Crippen MR) is 164 cm³/mol. The van der Waals surface area contributed by atoms with E-state index in [1.165, 1.54) is 33.5 Å². The SMILES string of the molecule is Cc1cc(C)c(/C2=c3\cc/c([nH]3)=c3\cc/c([nH]3)=C(\c3ccc(N(C)C)cc3)C3=NC(C=C3)c3ccc2[nH]3)c(C)c1. The zero-order chi connectivity index (χ0) is 27.5. The first-order valence-electron chi connectivity index (χ1n) is 13.8. The molecule has 2 aliphatic rings. The Kier molecular flexibility index (Phi) is 5.56. The number of hydrogen-bond acceptors (Lipinski definition) is 2. The van der Waals surface area contributed by atoms with Gasteiger partial charge in [0.1, 0.15) is 6.04 Å². The van der Waals surface area contributed by atoms with Gasteiger partial charge in [-0.15, -0.1) is 0 Å². The molecule has 1 atom stereocenters. The summed E-state index contributed by atoms with van der Waals surface area (Å²) in [6, 6.07) is 26.2. The average Bonchev–Trinajstić information content (AvgIpc) is 3.73. The number of allylic oxidation sites excluding steroid dienone is 1. The standard InChI is InChI=1S/C35H33N5/c1-20-18-21(2)33(22(3)19-20)35-31-16-12-27(38-31)25-10-14-29(36-25)34(23-6-8-24(9-7-23)40(4)5)30-15-11-26(37-30)28-13-17-32(35)39-28/h6-19,25,37-39H,1-5H3/b28-26-,34-30-,35-32+. The van der Waals surface area contributed by atoms with Crippen LogP contribution in [0.5, 0.6) is 0 Å². The summed E-state index contributed by atoms with van der Waals surface area (Å²) in [5.74, 6) is 0. The molecule has 5 heterocycles. The molecule has 0 fully saturated rings. The van der Waals surface area contributed by atoms with E-state index in [-0.39, 0.29) is 6.04 Å². The van der Waals surface area contributed by atoms with E-state index in [1.54, 1.807) is 0 Å². The normalized spacial score (nSPS) is 19.4. The summed E-state index contributed by atoms with van der Waals surface area (Å²) < 4.78 is 0. The summed E-state index contributed by atoms with van der Waals surface area (Å²) >= 11 is 0. The fourth-order valence-electron chi connectivity index (χ4n) is 6.22. The van der Waals surface area contributed by atoms with Crippen LogP contribution in [0.25, 0.3) is 11.1 Å². The van der Waals surface area contributed by atoms with Crippen molar-refractivity contribution in [3.05, 3.63) is 146 Å². The first kappa shape index (κ1) is 24.3. The van der Waals surface area contributed by atoms with Crippen molar-refractivity contribution in [2.75, 3.05) is 19.0 Å². The molecule has 1 unspecified atom stereocenters. The van der Waals surface area contributed by atoms with Crippen LogP contribution in [0.3, 0.4) is 0 Å². The minimum atomic E-state index is -0.0714. The highest BCUT2D eigenvalue weighted by Gasteiger charge is 2.22. The van der Waals surface area contributed by atoms with Crippen molar-refractivity contribution in [2.24, 2.45) is 4.99 Å². The Bertz CT molecular complexity index is 2040. The van der Waals surface area contributed by atoms with Crippen LogP contribution in [0, 0.1) is 31.5 Å². The van der Waals surface area contributed by atoms with Gasteiger partial charge in [-0.25, -0.2) is 0 Å². The van der Waals surface area contributed by atoms with Gasteiger partial charge in [0, 0.05) is 53.0 Å². The van der Waals surface area contributed by atoms with Gasteiger partial charge in [0.25, 0.3) is 0 Å². The van der Waals surface area contributed by atoms with Crippen molar-refractivity contribution in [3.63, 3.8) is 0 Å². The maximum Gasteiger partial charge on any atom is 0.109 e. The maximum atomic E-state index is 5.22. The van der Waals surface area contributed by atoms with Gasteiger partial charge in [-0.3, -0.25) is 4.99 Å². The molecule has 3 aromatic heterocycles.